The molecule has 7 nitrogen and oxygen atoms in total. The maximum atomic E-state index is 12.8. The molecule has 1 aliphatic rings. The first-order valence-corrected chi connectivity index (χ1v) is 11.9. The Balaban J connectivity index is 1.51. The third-order valence-electron chi connectivity index (χ3n) is 4.89. The van der Waals surface area contributed by atoms with Crippen molar-refractivity contribution in [3.63, 3.8) is 0 Å². The van der Waals surface area contributed by atoms with E-state index in [1.165, 1.54) is 0 Å². The van der Waals surface area contributed by atoms with E-state index in [4.69, 9.17) is 4.74 Å². The number of thioether (sulfide) groups is 1. The number of phenolic OH excluding ortho intramolecular Hbond substituents is 1. The Hall–Kier alpha value is -3.05. The van der Waals surface area contributed by atoms with E-state index in [1.807, 2.05) is 59.0 Å². The van der Waals surface area contributed by atoms with Crippen LogP contribution in [0.2, 0.25) is 0 Å². The molecule has 0 radical (unpaired) electrons. The summed E-state index contributed by atoms with van der Waals surface area (Å²) in [7, 11) is 0. The lowest BCUT2D eigenvalue weighted by molar-refractivity contribution is -0.127. The van der Waals surface area contributed by atoms with Gasteiger partial charge >= 0.3 is 0 Å². The van der Waals surface area contributed by atoms with Crippen molar-refractivity contribution in [2.45, 2.75) is 6.92 Å². The smallest absolute Gasteiger partial charge is 0.294 e. The molecule has 1 aliphatic heterocycles. The van der Waals surface area contributed by atoms with Crippen LogP contribution in [-0.4, -0.2) is 40.2 Å². The van der Waals surface area contributed by atoms with E-state index in [0.717, 1.165) is 27.4 Å². The zero-order valence-electron chi connectivity index (χ0n) is 17.5. The van der Waals surface area contributed by atoms with Crippen LogP contribution in [0.5, 0.6) is 11.5 Å². The number of benzene rings is 3. The summed E-state index contributed by atoms with van der Waals surface area (Å²) in [6, 6.07) is 16.4. The van der Waals surface area contributed by atoms with Gasteiger partial charge in [0.05, 0.1) is 15.1 Å². The molecule has 4 rings (SSSR count). The summed E-state index contributed by atoms with van der Waals surface area (Å²) >= 11 is 2.74. The van der Waals surface area contributed by atoms with Crippen molar-refractivity contribution < 1.29 is 24.2 Å². The number of hydrogen-bond acceptors (Lipinski definition) is 6. The summed E-state index contributed by atoms with van der Waals surface area (Å²) in [5.74, 6) is -0.691. The molecule has 0 atom stereocenters. The summed E-state index contributed by atoms with van der Waals surface area (Å²) in [6.45, 7) is 1.78. The molecule has 3 amide bonds. The molecule has 1 saturated heterocycles. The number of phenols is 1. The topological polar surface area (TPSA) is 95.9 Å². The molecule has 9 heteroatoms. The minimum atomic E-state index is -0.542. The first-order valence-electron chi connectivity index (χ1n) is 10.1. The zero-order chi connectivity index (χ0) is 23.5. The largest absolute Gasteiger partial charge is 0.504 e. The van der Waals surface area contributed by atoms with Crippen LogP contribution in [0.1, 0.15) is 12.5 Å². The first-order chi connectivity index (χ1) is 15.9. The van der Waals surface area contributed by atoms with Gasteiger partial charge in [0.1, 0.15) is 6.54 Å². The van der Waals surface area contributed by atoms with Gasteiger partial charge in [-0.2, -0.15) is 0 Å². The number of amides is 3. The number of nitrogens with one attached hydrogen (secondary N) is 1. The van der Waals surface area contributed by atoms with Crippen LogP contribution in [0.3, 0.4) is 0 Å². The molecule has 1 fully saturated rings. The lowest BCUT2D eigenvalue weighted by atomic mass is 10.1. The van der Waals surface area contributed by atoms with Gasteiger partial charge in [-0.3, -0.25) is 19.3 Å². The molecule has 0 bridgehead atoms. The van der Waals surface area contributed by atoms with Gasteiger partial charge in [-0.1, -0.05) is 36.4 Å². The van der Waals surface area contributed by atoms with Crippen molar-refractivity contribution in [1.29, 1.82) is 0 Å². The molecule has 168 valence electrons. The second kappa shape index (κ2) is 9.84. The summed E-state index contributed by atoms with van der Waals surface area (Å²) in [5.41, 5.74) is 1.22. The molecule has 3 aromatic carbocycles. The number of nitrogens with zero attached hydrogens (tertiary/aromatic N) is 1. The molecule has 33 heavy (non-hydrogen) atoms. The Morgan fingerprint density at radius 1 is 1.18 bits per heavy atom. The van der Waals surface area contributed by atoms with E-state index in [-0.39, 0.29) is 17.2 Å². The Bertz CT molecular complexity index is 1300. The number of imide groups is 1. The normalized spacial score (nSPS) is 14.8. The lowest BCUT2D eigenvalue weighted by Gasteiger charge is -2.13. The SMILES string of the molecule is CCOc1cc(/C=C2/SC(=O)N(CC(=O)Nc3cccc4ccccc34)C2=O)cc(I)c1O. The fourth-order valence-electron chi connectivity index (χ4n) is 3.40. The van der Waals surface area contributed by atoms with E-state index >= 15 is 0 Å². The van der Waals surface area contributed by atoms with Crippen LogP contribution in [-0.2, 0) is 9.59 Å². The van der Waals surface area contributed by atoms with Gasteiger partial charge in [-0.05, 0) is 76.5 Å². The number of halogens is 1. The van der Waals surface area contributed by atoms with Gasteiger partial charge in [0.2, 0.25) is 5.91 Å². The van der Waals surface area contributed by atoms with E-state index in [9.17, 15) is 19.5 Å². The van der Waals surface area contributed by atoms with Crippen LogP contribution in [0.4, 0.5) is 10.5 Å². The standard InChI is InChI=1S/C24H19IN2O5S/c1-2-32-19-11-14(10-17(25)22(19)29)12-20-23(30)27(24(31)33-20)13-21(28)26-18-9-5-7-15-6-3-4-8-16(15)18/h3-12,29H,2,13H2,1H3,(H,26,28)/b20-12+. The molecule has 2 N–H and O–H groups in total. The second-order valence-corrected chi connectivity index (χ2v) is 9.28. The molecule has 0 aliphatic carbocycles. The fourth-order valence-corrected chi connectivity index (χ4v) is 4.86. The number of hydrogen-bond donors (Lipinski definition) is 2. The maximum Gasteiger partial charge on any atom is 0.294 e. The van der Waals surface area contributed by atoms with E-state index in [1.54, 1.807) is 31.2 Å². The number of rotatable bonds is 6. The van der Waals surface area contributed by atoms with Crippen molar-refractivity contribution in [1.82, 2.24) is 4.90 Å². The number of aromatic hydroxyl groups is 1. The highest BCUT2D eigenvalue weighted by Gasteiger charge is 2.36. The summed E-state index contributed by atoms with van der Waals surface area (Å²) in [5, 5.41) is 14.2. The Kier molecular flexibility index (Phi) is 6.89. The summed E-state index contributed by atoms with van der Waals surface area (Å²) in [4.78, 5) is 39.0. The molecular formula is C24H19IN2O5S. The quantitative estimate of drug-likeness (QED) is 0.310. The molecule has 3 aromatic rings. The highest BCUT2D eigenvalue weighted by Crippen LogP contribution is 2.36. The van der Waals surface area contributed by atoms with Gasteiger partial charge in [-0.25, -0.2) is 0 Å². The third kappa shape index (κ3) is 4.98. The minimum absolute atomic E-state index is 0.0211. The second-order valence-electron chi connectivity index (χ2n) is 7.13. The number of ether oxygens (including phenoxy) is 1. The molecule has 0 aromatic heterocycles. The number of anilines is 1. The van der Waals surface area contributed by atoms with E-state index in [2.05, 4.69) is 5.32 Å². The van der Waals surface area contributed by atoms with Crippen LogP contribution in [0.15, 0.2) is 59.5 Å². The van der Waals surface area contributed by atoms with E-state index < -0.39 is 17.1 Å². The highest BCUT2D eigenvalue weighted by molar-refractivity contribution is 14.1. The third-order valence-corrected chi connectivity index (χ3v) is 6.62. The van der Waals surface area contributed by atoms with Crippen molar-refractivity contribution in [3.8, 4) is 11.5 Å². The van der Waals surface area contributed by atoms with Crippen LogP contribution < -0.4 is 10.1 Å². The van der Waals surface area contributed by atoms with Crippen molar-refractivity contribution in [2.75, 3.05) is 18.5 Å². The number of carbonyl (C=O) groups is 3. The van der Waals surface area contributed by atoms with Crippen molar-refractivity contribution >= 4 is 73.9 Å². The van der Waals surface area contributed by atoms with E-state index in [0.29, 0.717) is 27.2 Å². The molecular weight excluding hydrogens is 555 g/mol. The van der Waals surface area contributed by atoms with Crippen molar-refractivity contribution in [3.05, 3.63) is 68.6 Å². The molecule has 0 saturated carbocycles. The Morgan fingerprint density at radius 3 is 2.73 bits per heavy atom. The van der Waals surface area contributed by atoms with Gasteiger partial charge < -0.3 is 15.2 Å². The number of fused-ring (bicyclic) bond motifs is 1. The maximum absolute atomic E-state index is 12.8. The highest BCUT2D eigenvalue weighted by atomic mass is 127. The average Bonchev–Trinajstić information content (AvgIpc) is 3.05. The summed E-state index contributed by atoms with van der Waals surface area (Å²) < 4.78 is 5.98. The van der Waals surface area contributed by atoms with Gasteiger partial charge in [-0.15, -0.1) is 0 Å². The average molecular weight is 574 g/mol. The van der Waals surface area contributed by atoms with Gasteiger partial charge in [0.15, 0.2) is 11.5 Å². The predicted molar refractivity (Wildman–Crippen MR) is 137 cm³/mol. The molecule has 0 spiro atoms. The zero-order valence-corrected chi connectivity index (χ0v) is 20.5. The molecule has 1 heterocycles. The van der Waals surface area contributed by atoms with Crippen LogP contribution >= 0.6 is 34.4 Å². The fraction of sp³-hybridized carbons (Fsp3) is 0.125. The lowest BCUT2D eigenvalue weighted by Crippen LogP contribution is -2.36. The van der Waals surface area contributed by atoms with Crippen LogP contribution in [0.25, 0.3) is 16.8 Å². The monoisotopic (exact) mass is 574 g/mol. The van der Waals surface area contributed by atoms with Crippen molar-refractivity contribution in [2.24, 2.45) is 0 Å². The first kappa shape index (κ1) is 23.1. The minimum Gasteiger partial charge on any atom is -0.504 e. The van der Waals surface area contributed by atoms with Gasteiger partial charge in [0, 0.05) is 11.1 Å². The van der Waals surface area contributed by atoms with Gasteiger partial charge in [0.25, 0.3) is 11.1 Å². The predicted octanol–water partition coefficient (Wildman–Crippen LogP) is 5.22. The Morgan fingerprint density at radius 2 is 1.94 bits per heavy atom. The Labute approximate surface area is 207 Å². The van der Waals surface area contributed by atoms with Crippen LogP contribution in [0, 0.1) is 3.57 Å². The number of carbonyl (C=O) groups excluding carboxylic acids is 3. The molecule has 0 unspecified atom stereocenters. The summed E-state index contributed by atoms with van der Waals surface area (Å²) in [6.07, 6.45) is 1.55.